The van der Waals surface area contributed by atoms with E-state index < -0.39 is 5.91 Å². The lowest BCUT2D eigenvalue weighted by molar-refractivity contribution is 0.0952. The maximum absolute atomic E-state index is 11.8. The summed E-state index contributed by atoms with van der Waals surface area (Å²) in [7, 11) is 0. The zero-order valence-corrected chi connectivity index (χ0v) is 13.1. The number of rotatable bonds is 3. The summed E-state index contributed by atoms with van der Waals surface area (Å²) in [6.07, 6.45) is 1.54. The van der Waals surface area contributed by atoms with E-state index in [9.17, 15) is 9.90 Å². The van der Waals surface area contributed by atoms with E-state index in [0.29, 0.717) is 5.02 Å². The molecule has 0 aliphatic carbocycles. The molecule has 4 nitrogen and oxygen atoms in total. The second kappa shape index (κ2) is 6.71. The minimum absolute atomic E-state index is 0.0809. The second-order valence-electron chi connectivity index (χ2n) is 3.88. The molecule has 0 atom stereocenters. The van der Waals surface area contributed by atoms with Crippen molar-refractivity contribution in [1.29, 1.82) is 0 Å². The molecule has 2 aromatic rings. The molecule has 0 saturated heterocycles. The lowest BCUT2D eigenvalue weighted by Gasteiger charge is -2.03. The van der Waals surface area contributed by atoms with Crippen molar-refractivity contribution in [2.24, 2.45) is 5.10 Å². The van der Waals surface area contributed by atoms with E-state index in [4.69, 9.17) is 11.6 Å². The molecule has 0 radical (unpaired) electrons. The van der Waals surface area contributed by atoms with Crippen LogP contribution in [0.2, 0.25) is 5.02 Å². The van der Waals surface area contributed by atoms with E-state index in [1.54, 1.807) is 6.21 Å². The van der Waals surface area contributed by atoms with E-state index in [1.165, 1.54) is 18.2 Å². The molecule has 0 saturated carbocycles. The van der Waals surface area contributed by atoms with Gasteiger partial charge in [-0.2, -0.15) is 5.10 Å². The molecule has 2 N–H and O–H groups in total. The van der Waals surface area contributed by atoms with Crippen LogP contribution in [0.3, 0.4) is 0 Å². The van der Waals surface area contributed by atoms with Crippen LogP contribution >= 0.6 is 34.2 Å². The Kier molecular flexibility index (Phi) is 4.97. The maximum Gasteiger partial charge on any atom is 0.275 e. The molecule has 6 heteroatoms. The quantitative estimate of drug-likeness (QED) is 0.471. The van der Waals surface area contributed by atoms with Gasteiger partial charge in [-0.25, -0.2) is 5.43 Å². The summed E-state index contributed by atoms with van der Waals surface area (Å²) in [6.45, 7) is 0. The maximum atomic E-state index is 11.8. The molecule has 102 valence electrons. The number of nitrogens with one attached hydrogen (secondary N) is 1. The summed E-state index contributed by atoms with van der Waals surface area (Å²) >= 11 is 7.96. The van der Waals surface area contributed by atoms with Crippen LogP contribution in [0, 0.1) is 3.57 Å². The van der Waals surface area contributed by atoms with Gasteiger partial charge in [-0.1, -0.05) is 29.8 Å². The average molecular weight is 401 g/mol. The number of halogens is 2. The number of carbonyl (C=O) groups is 1. The largest absolute Gasteiger partial charge is 0.507 e. The Labute approximate surface area is 134 Å². The first-order chi connectivity index (χ1) is 9.58. The summed E-state index contributed by atoms with van der Waals surface area (Å²) in [4.78, 5) is 11.8. The smallest absolute Gasteiger partial charge is 0.275 e. The highest BCUT2D eigenvalue weighted by molar-refractivity contribution is 14.1. The van der Waals surface area contributed by atoms with Gasteiger partial charge in [-0.05, 0) is 46.9 Å². The number of amides is 1. The Morgan fingerprint density at radius 2 is 2.05 bits per heavy atom. The minimum atomic E-state index is -0.521. The Morgan fingerprint density at radius 1 is 1.30 bits per heavy atom. The highest BCUT2D eigenvalue weighted by Gasteiger charge is 2.10. The zero-order valence-electron chi connectivity index (χ0n) is 10.2. The van der Waals surface area contributed by atoms with Gasteiger partial charge in [0.05, 0.1) is 11.8 Å². The molecule has 0 aromatic heterocycles. The van der Waals surface area contributed by atoms with Crippen LogP contribution in [0.1, 0.15) is 15.9 Å². The highest BCUT2D eigenvalue weighted by Crippen LogP contribution is 2.21. The van der Waals surface area contributed by atoms with Crippen LogP contribution in [-0.2, 0) is 0 Å². The molecule has 0 heterocycles. The van der Waals surface area contributed by atoms with Gasteiger partial charge < -0.3 is 5.11 Å². The molecule has 0 aliphatic heterocycles. The van der Waals surface area contributed by atoms with Crippen molar-refractivity contribution in [3.05, 3.63) is 62.2 Å². The second-order valence-corrected chi connectivity index (χ2v) is 5.48. The van der Waals surface area contributed by atoms with Crippen LogP contribution < -0.4 is 5.43 Å². The number of nitrogens with zero attached hydrogens (tertiary/aromatic N) is 1. The van der Waals surface area contributed by atoms with E-state index in [-0.39, 0.29) is 11.3 Å². The number of hydrogen-bond acceptors (Lipinski definition) is 3. The van der Waals surface area contributed by atoms with Crippen LogP contribution in [0.25, 0.3) is 0 Å². The van der Waals surface area contributed by atoms with Gasteiger partial charge in [0.25, 0.3) is 5.91 Å². The molecular weight excluding hydrogens is 391 g/mol. The average Bonchev–Trinajstić information content (AvgIpc) is 2.43. The summed E-state index contributed by atoms with van der Waals surface area (Å²) in [5.41, 5.74) is 3.32. The standard InChI is InChI=1S/C14H10ClIN2O2/c15-10-5-6-13(19)11(7-10)14(20)18-17-8-9-3-1-2-4-12(9)16/h1-8,19H,(H,18,20)/b17-8+. The van der Waals surface area contributed by atoms with Gasteiger partial charge in [0.15, 0.2) is 0 Å². The summed E-state index contributed by atoms with van der Waals surface area (Å²) in [5, 5.41) is 13.8. The fourth-order valence-corrected chi connectivity index (χ4v) is 2.19. The van der Waals surface area contributed by atoms with Crippen LogP contribution in [-0.4, -0.2) is 17.2 Å². The summed E-state index contributed by atoms with van der Waals surface area (Å²) in [5.74, 6) is -0.663. The van der Waals surface area contributed by atoms with Crippen LogP contribution in [0.15, 0.2) is 47.6 Å². The highest BCUT2D eigenvalue weighted by atomic mass is 127. The minimum Gasteiger partial charge on any atom is -0.507 e. The van der Waals surface area contributed by atoms with Gasteiger partial charge in [-0.15, -0.1) is 0 Å². The Hall–Kier alpha value is -1.60. The Bertz CT molecular complexity index is 674. The summed E-state index contributed by atoms with van der Waals surface area (Å²) in [6, 6.07) is 11.9. The third-order valence-corrected chi connectivity index (χ3v) is 3.70. The lowest BCUT2D eigenvalue weighted by Crippen LogP contribution is -2.17. The molecule has 0 bridgehead atoms. The number of phenols is 1. The molecule has 20 heavy (non-hydrogen) atoms. The lowest BCUT2D eigenvalue weighted by atomic mass is 10.2. The molecule has 0 unspecified atom stereocenters. The van der Waals surface area contributed by atoms with Gasteiger partial charge in [-0.3, -0.25) is 4.79 Å². The third kappa shape index (κ3) is 3.71. The molecule has 0 aliphatic rings. The van der Waals surface area contributed by atoms with Crippen molar-refractivity contribution < 1.29 is 9.90 Å². The molecule has 2 aromatic carbocycles. The summed E-state index contributed by atoms with van der Waals surface area (Å²) < 4.78 is 1.02. The Morgan fingerprint density at radius 3 is 2.80 bits per heavy atom. The van der Waals surface area contributed by atoms with Crippen LogP contribution in [0.4, 0.5) is 0 Å². The van der Waals surface area contributed by atoms with E-state index in [2.05, 4.69) is 33.1 Å². The first-order valence-electron chi connectivity index (χ1n) is 5.64. The number of carbonyl (C=O) groups excluding carboxylic acids is 1. The zero-order chi connectivity index (χ0) is 14.5. The first-order valence-corrected chi connectivity index (χ1v) is 7.10. The first kappa shape index (κ1) is 14.8. The van der Waals surface area contributed by atoms with Gasteiger partial charge >= 0.3 is 0 Å². The van der Waals surface area contributed by atoms with Crippen molar-refractivity contribution in [2.45, 2.75) is 0 Å². The Balaban J connectivity index is 2.09. The molecule has 2 rings (SSSR count). The van der Waals surface area contributed by atoms with Crippen molar-refractivity contribution in [2.75, 3.05) is 0 Å². The monoisotopic (exact) mass is 400 g/mol. The van der Waals surface area contributed by atoms with Gasteiger partial charge in [0, 0.05) is 14.2 Å². The van der Waals surface area contributed by atoms with Crippen LogP contribution in [0.5, 0.6) is 5.75 Å². The van der Waals surface area contributed by atoms with E-state index in [1.807, 2.05) is 24.3 Å². The van der Waals surface area contributed by atoms with Crippen molar-refractivity contribution >= 4 is 46.3 Å². The van der Waals surface area contributed by atoms with Gasteiger partial charge in [0.2, 0.25) is 0 Å². The fraction of sp³-hybridized carbons (Fsp3) is 0. The normalized spacial score (nSPS) is 10.7. The van der Waals surface area contributed by atoms with Crippen molar-refractivity contribution in [3.63, 3.8) is 0 Å². The number of hydrogen-bond donors (Lipinski definition) is 2. The molecule has 0 spiro atoms. The molecule has 0 fully saturated rings. The molecular formula is C14H10ClIN2O2. The number of aromatic hydroxyl groups is 1. The van der Waals surface area contributed by atoms with Crippen molar-refractivity contribution in [3.8, 4) is 5.75 Å². The number of phenolic OH excluding ortho intramolecular Hbond substituents is 1. The predicted molar refractivity (Wildman–Crippen MR) is 87.3 cm³/mol. The SMILES string of the molecule is O=C(N/N=C/c1ccccc1I)c1cc(Cl)ccc1O. The van der Waals surface area contributed by atoms with E-state index >= 15 is 0 Å². The number of hydrazone groups is 1. The topological polar surface area (TPSA) is 61.7 Å². The molecule has 1 amide bonds. The van der Waals surface area contributed by atoms with Crippen molar-refractivity contribution in [1.82, 2.24) is 5.43 Å². The fourth-order valence-electron chi connectivity index (χ4n) is 1.49. The van der Waals surface area contributed by atoms with E-state index in [0.717, 1.165) is 9.13 Å². The number of benzene rings is 2. The van der Waals surface area contributed by atoms with Gasteiger partial charge in [0.1, 0.15) is 5.75 Å². The predicted octanol–water partition coefficient (Wildman–Crippen LogP) is 3.41. The third-order valence-electron chi connectivity index (χ3n) is 2.48.